The van der Waals surface area contributed by atoms with Crippen molar-refractivity contribution in [2.24, 2.45) is 0 Å². The molecule has 1 aliphatic rings. The number of nitrogens with one attached hydrogen (secondary N) is 1. The van der Waals surface area contributed by atoms with Gasteiger partial charge in [-0.2, -0.15) is 0 Å². The molecule has 0 atom stereocenters. The Hall–Kier alpha value is -0.800. The summed E-state index contributed by atoms with van der Waals surface area (Å²) < 4.78 is 0. The van der Waals surface area contributed by atoms with E-state index in [0.29, 0.717) is 6.04 Å². The molecule has 0 unspecified atom stereocenters. The van der Waals surface area contributed by atoms with Gasteiger partial charge in [-0.15, -0.1) is 0 Å². The quantitative estimate of drug-likeness (QED) is 0.836. The summed E-state index contributed by atoms with van der Waals surface area (Å²) in [5, 5.41) is 4.92. The number of rotatable bonds is 3. The predicted molar refractivity (Wildman–Crippen MR) is 71.7 cm³/mol. The molecule has 16 heavy (non-hydrogen) atoms. The van der Waals surface area contributed by atoms with Gasteiger partial charge in [-0.3, -0.25) is 0 Å². The topological polar surface area (TPSA) is 15.3 Å². The molecule has 0 aromatic heterocycles. The molecule has 0 aliphatic heterocycles. The summed E-state index contributed by atoms with van der Waals surface area (Å²) in [7, 11) is 2.01. The Labute approximate surface area is 107 Å². The third-order valence-electron chi connectivity index (χ3n) is 2.58. The maximum absolute atomic E-state index is 5.84. The molecule has 0 heterocycles. The molecule has 1 saturated carbocycles. The Kier molecular flexibility index (Phi) is 3.66. The molecule has 0 amide bonds. The van der Waals surface area contributed by atoms with Crippen LogP contribution < -0.4 is 5.32 Å². The van der Waals surface area contributed by atoms with Crippen molar-refractivity contribution in [2.75, 3.05) is 7.05 Å². The largest absolute Gasteiger partial charge is 0.360 e. The SMILES string of the molecule is CN(Cc1ccc(Cl)cc1)C(=S)NC1CC1. The monoisotopic (exact) mass is 254 g/mol. The average molecular weight is 255 g/mol. The summed E-state index contributed by atoms with van der Waals surface area (Å²) in [4.78, 5) is 2.05. The van der Waals surface area contributed by atoms with Gasteiger partial charge < -0.3 is 10.2 Å². The lowest BCUT2D eigenvalue weighted by Gasteiger charge is -2.21. The first-order valence-corrected chi connectivity index (χ1v) is 6.20. The Morgan fingerprint density at radius 2 is 2.06 bits per heavy atom. The number of benzene rings is 1. The first-order valence-electron chi connectivity index (χ1n) is 5.41. The first kappa shape index (κ1) is 11.7. The van der Waals surface area contributed by atoms with Gasteiger partial charge in [0.2, 0.25) is 0 Å². The van der Waals surface area contributed by atoms with Gasteiger partial charge in [0.25, 0.3) is 0 Å². The molecule has 1 aromatic rings. The van der Waals surface area contributed by atoms with E-state index in [-0.39, 0.29) is 0 Å². The summed E-state index contributed by atoms with van der Waals surface area (Å²) in [5.41, 5.74) is 1.21. The van der Waals surface area contributed by atoms with Gasteiger partial charge >= 0.3 is 0 Å². The zero-order chi connectivity index (χ0) is 11.5. The van der Waals surface area contributed by atoms with Crippen LogP contribution in [0, 0.1) is 0 Å². The fourth-order valence-electron chi connectivity index (χ4n) is 1.45. The number of hydrogen-bond acceptors (Lipinski definition) is 1. The molecule has 2 rings (SSSR count). The van der Waals surface area contributed by atoms with Crippen molar-refractivity contribution in [2.45, 2.75) is 25.4 Å². The van der Waals surface area contributed by atoms with Crippen molar-refractivity contribution in [3.8, 4) is 0 Å². The minimum atomic E-state index is 0.611. The van der Waals surface area contributed by atoms with E-state index in [1.807, 2.05) is 31.3 Å². The highest BCUT2D eigenvalue weighted by molar-refractivity contribution is 7.80. The molecule has 0 radical (unpaired) electrons. The van der Waals surface area contributed by atoms with E-state index in [9.17, 15) is 0 Å². The van der Waals surface area contributed by atoms with E-state index >= 15 is 0 Å². The highest BCUT2D eigenvalue weighted by Crippen LogP contribution is 2.19. The Balaban J connectivity index is 1.87. The highest BCUT2D eigenvalue weighted by atomic mass is 35.5. The average Bonchev–Trinajstić information content (AvgIpc) is 3.05. The predicted octanol–water partition coefficient (Wildman–Crippen LogP) is 2.81. The van der Waals surface area contributed by atoms with E-state index in [1.54, 1.807) is 0 Å². The molecule has 0 spiro atoms. The summed E-state index contributed by atoms with van der Waals surface area (Å²) in [6.07, 6.45) is 2.49. The van der Waals surface area contributed by atoms with Crippen molar-refractivity contribution in [1.82, 2.24) is 10.2 Å². The molecule has 2 nitrogen and oxygen atoms in total. The minimum absolute atomic E-state index is 0.611. The molecule has 1 fully saturated rings. The first-order chi connectivity index (χ1) is 7.65. The van der Waals surface area contributed by atoms with Crippen LogP contribution in [0.1, 0.15) is 18.4 Å². The van der Waals surface area contributed by atoms with E-state index in [1.165, 1.54) is 18.4 Å². The number of halogens is 1. The van der Waals surface area contributed by atoms with Crippen LogP contribution in [0.4, 0.5) is 0 Å². The van der Waals surface area contributed by atoms with Gasteiger partial charge in [0.05, 0.1) is 0 Å². The van der Waals surface area contributed by atoms with Gasteiger partial charge in [0.15, 0.2) is 5.11 Å². The molecule has 0 bridgehead atoms. The lowest BCUT2D eigenvalue weighted by Crippen LogP contribution is -2.37. The van der Waals surface area contributed by atoms with Crippen molar-refractivity contribution in [1.29, 1.82) is 0 Å². The van der Waals surface area contributed by atoms with Crippen LogP contribution in [0.3, 0.4) is 0 Å². The van der Waals surface area contributed by atoms with Gasteiger partial charge in [-0.1, -0.05) is 23.7 Å². The number of hydrogen-bond donors (Lipinski definition) is 1. The molecule has 1 aliphatic carbocycles. The second-order valence-corrected chi connectivity index (χ2v) is 5.03. The van der Waals surface area contributed by atoms with Crippen molar-refractivity contribution in [3.63, 3.8) is 0 Å². The maximum atomic E-state index is 5.84. The van der Waals surface area contributed by atoms with Crippen molar-refractivity contribution < 1.29 is 0 Å². The lowest BCUT2D eigenvalue weighted by molar-refractivity contribution is 0.488. The normalized spacial score (nSPS) is 14.6. The molecule has 0 saturated heterocycles. The molecular formula is C12H15ClN2S. The van der Waals surface area contributed by atoms with E-state index < -0.39 is 0 Å². The number of thiocarbonyl (C=S) groups is 1. The summed E-state index contributed by atoms with van der Waals surface area (Å²) >= 11 is 11.1. The third kappa shape index (κ3) is 3.35. The maximum Gasteiger partial charge on any atom is 0.169 e. The second kappa shape index (κ2) is 5.02. The van der Waals surface area contributed by atoms with Crippen LogP contribution in [-0.2, 0) is 6.54 Å². The lowest BCUT2D eigenvalue weighted by atomic mass is 10.2. The van der Waals surface area contributed by atoms with Crippen LogP contribution >= 0.6 is 23.8 Å². The molecule has 4 heteroatoms. The summed E-state index contributed by atoms with van der Waals surface area (Å²) in [6.45, 7) is 0.815. The Bertz CT molecular complexity index is 373. The van der Waals surface area contributed by atoms with Crippen molar-refractivity contribution in [3.05, 3.63) is 34.9 Å². The van der Waals surface area contributed by atoms with Crippen LogP contribution in [0.25, 0.3) is 0 Å². The van der Waals surface area contributed by atoms with Gasteiger partial charge in [-0.25, -0.2) is 0 Å². The zero-order valence-corrected chi connectivity index (χ0v) is 10.8. The van der Waals surface area contributed by atoms with E-state index in [4.69, 9.17) is 23.8 Å². The fourth-order valence-corrected chi connectivity index (χ4v) is 1.81. The van der Waals surface area contributed by atoms with Gasteiger partial charge in [0.1, 0.15) is 0 Å². The fraction of sp³-hybridized carbons (Fsp3) is 0.417. The highest BCUT2D eigenvalue weighted by Gasteiger charge is 2.22. The van der Waals surface area contributed by atoms with Crippen LogP contribution in [0.5, 0.6) is 0 Å². The standard InChI is InChI=1S/C12H15ClN2S/c1-15(12(16)14-11-6-7-11)8-9-2-4-10(13)5-3-9/h2-5,11H,6-8H2,1H3,(H,14,16). The Morgan fingerprint density at radius 1 is 1.44 bits per heavy atom. The molecule has 86 valence electrons. The molecule has 1 aromatic carbocycles. The Morgan fingerprint density at radius 3 is 2.62 bits per heavy atom. The smallest absolute Gasteiger partial charge is 0.169 e. The van der Waals surface area contributed by atoms with E-state index in [2.05, 4.69) is 10.2 Å². The van der Waals surface area contributed by atoms with E-state index in [0.717, 1.165) is 16.7 Å². The minimum Gasteiger partial charge on any atom is -0.360 e. The van der Waals surface area contributed by atoms with Crippen molar-refractivity contribution >= 4 is 28.9 Å². The number of nitrogens with zero attached hydrogens (tertiary/aromatic N) is 1. The zero-order valence-electron chi connectivity index (χ0n) is 9.24. The van der Waals surface area contributed by atoms with Gasteiger partial charge in [0, 0.05) is 24.7 Å². The second-order valence-electron chi connectivity index (χ2n) is 4.21. The third-order valence-corrected chi connectivity index (χ3v) is 3.27. The molecule has 1 N–H and O–H groups in total. The summed E-state index contributed by atoms with van der Waals surface area (Å²) in [6, 6.07) is 8.47. The van der Waals surface area contributed by atoms with Crippen LogP contribution in [0.2, 0.25) is 5.02 Å². The molecular weight excluding hydrogens is 240 g/mol. The van der Waals surface area contributed by atoms with Crippen LogP contribution in [-0.4, -0.2) is 23.1 Å². The summed E-state index contributed by atoms with van der Waals surface area (Å²) in [5.74, 6) is 0. The van der Waals surface area contributed by atoms with Gasteiger partial charge in [-0.05, 0) is 42.8 Å². The van der Waals surface area contributed by atoms with Crippen LogP contribution in [0.15, 0.2) is 24.3 Å².